The van der Waals surface area contributed by atoms with Crippen molar-refractivity contribution in [1.82, 2.24) is 35.1 Å². The summed E-state index contributed by atoms with van der Waals surface area (Å²) >= 11 is 0. The van der Waals surface area contributed by atoms with Crippen LogP contribution in [0, 0.1) is 17.3 Å². The van der Waals surface area contributed by atoms with Crippen LogP contribution in [0.2, 0.25) is 0 Å². The summed E-state index contributed by atoms with van der Waals surface area (Å²) in [6, 6.07) is 10.5. The smallest absolute Gasteiger partial charge is 0.324 e. The Labute approximate surface area is 380 Å². The molecule has 2 aromatic heterocycles. The SMILES string of the molecule is C=CC(=O)N1CC[C@H](C(=O)N(C)[C@H](C(=O)N[C@H]2Cc3cc(O)cc(c3)-c3ccc4c(c3)c3c(n4CC)-c4cnccc4[C@@H](OC)C3C(C)(C)COC(=O)[C@@H]3CCCN(N3)C2=O)C(C)C)C1. The summed E-state index contributed by atoms with van der Waals surface area (Å²) in [4.78, 5) is 77.1. The second-order valence-corrected chi connectivity index (χ2v) is 19.0. The van der Waals surface area contributed by atoms with Gasteiger partial charge in [-0.3, -0.25) is 34.0 Å². The van der Waals surface area contributed by atoms with Crippen LogP contribution in [-0.2, 0) is 46.4 Å². The van der Waals surface area contributed by atoms with E-state index in [-0.39, 0.29) is 55.5 Å². The van der Waals surface area contributed by atoms with Crippen molar-refractivity contribution < 1.29 is 38.6 Å². The maximum atomic E-state index is 14.8. The summed E-state index contributed by atoms with van der Waals surface area (Å²) in [7, 11) is 3.29. The molecule has 15 nitrogen and oxygen atoms in total. The van der Waals surface area contributed by atoms with Gasteiger partial charge in [-0.05, 0) is 96.3 Å². The number of nitrogens with one attached hydrogen (secondary N) is 2. The highest BCUT2D eigenvalue weighted by Crippen LogP contribution is 2.57. The second-order valence-electron chi connectivity index (χ2n) is 19.0. The lowest BCUT2D eigenvalue weighted by atomic mass is 9.66. The number of rotatable bonds is 8. The summed E-state index contributed by atoms with van der Waals surface area (Å²) in [6.07, 6.45) is 5.87. The van der Waals surface area contributed by atoms with Gasteiger partial charge in [0, 0.05) is 87.0 Å². The quantitative estimate of drug-likeness (QED) is 0.151. The lowest BCUT2D eigenvalue weighted by Gasteiger charge is -2.43. The maximum absolute atomic E-state index is 14.8. The predicted molar refractivity (Wildman–Crippen MR) is 245 cm³/mol. The molecule has 6 bridgehead atoms. The molecule has 3 N–H and O–H groups in total. The van der Waals surface area contributed by atoms with Crippen molar-refractivity contribution in [3.05, 3.63) is 84.2 Å². The summed E-state index contributed by atoms with van der Waals surface area (Å²) in [6.45, 7) is 15.2. The zero-order valence-corrected chi connectivity index (χ0v) is 38.4. The highest BCUT2D eigenvalue weighted by atomic mass is 16.5. The summed E-state index contributed by atoms with van der Waals surface area (Å²) in [5.74, 6) is -3.15. The number of phenols is 1. The number of esters is 1. The van der Waals surface area contributed by atoms with E-state index < -0.39 is 53.3 Å². The van der Waals surface area contributed by atoms with Gasteiger partial charge >= 0.3 is 5.97 Å². The molecule has 344 valence electrons. The number of carbonyl (C=O) groups excluding carboxylic acids is 5. The van der Waals surface area contributed by atoms with Crippen LogP contribution < -0.4 is 10.7 Å². The molecule has 2 saturated heterocycles. The predicted octanol–water partition coefficient (Wildman–Crippen LogP) is 5.50. The van der Waals surface area contributed by atoms with Gasteiger partial charge < -0.3 is 34.3 Å². The second kappa shape index (κ2) is 18.1. The molecule has 0 radical (unpaired) electrons. The average molecular weight is 888 g/mol. The van der Waals surface area contributed by atoms with Crippen molar-refractivity contribution in [2.24, 2.45) is 17.3 Å². The zero-order chi connectivity index (χ0) is 46.5. The fourth-order valence-corrected chi connectivity index (χ4v) is 10.8. The van der Waals surface area contributed by atoms with E-state index in [1.165, 1.54) is 16.0 Å². The third kappa shape index (κ3) is 8.40. The topological polar surface area (TPSA) is 176 Å². The molecule has 1 unspecified atom stereocenters. The molecule has 4 aromatic rings. The molecule has 4 amide bonds. The Balaban J connectivity index is 1.21. The fourth-order valence-electron chi connectivity index (χ4n) is 10.8. The number of likely N-dealkylation sites (N-methyl/N-ethyl adjacent to an activating group) is 1. The van der Waals surface area contributed by atoms with Gasteiger partial charge in [-0.1, -0.05) is 46.4 Å². The van der Waals surface area contributed by atoms with Crippen LogP contribution in [0.1, 0.15) is 82.6 Å². The Morgan fingerprint density at radius 3 is 2.62 bits per heavy atom. The number of likely N-dealkylation sites (tertiary alicyclic amines) is 1. The Morgan fingerprint density at radius 1 is 1.11 bits per heavy atom. The Hall–Kier alpha value is -6.06. The number of phenolic OH excluding ortho intramolecular Hbond substituents is 1. The molecule has 2 fully saturated rings. The number of carbonyl (C=O) groups is 5. The van der Waals surface area contributed by atoms with Gasteiger partial charge in [0.05, 0.1) is 24.3 Å². The van der Waals surface area contributed by atoms with Crippen LogP contribution in [0.5, 0.6) is 5.75 Å². The number of pyridine rings is 1. The normalized spacial score (nSPS) is 23.4. The first-order valence-corrected chi connectivity index (χ1v) is 22.8. The largest absolute Gasteiger partial charge is 0.508 e. The summed E-state index contributed by atoms with van der Waals surface area (Å²) in [5.41, 5.74) is 9.68. The highest BCUT2D eigenvalue weighted by Gasteiger charge is 2.47. The van der Waals surface area contributed by atoms with Gasteiger partial charge in [-0.25, -0.2) is 5.43 Å². The number of benzene rings is 2. The molecule has 65 heavy (non-hydrogen) atoms. The number of amides is 4. The Bertz CT molecular complexity index is 2550. The lowest BCUT2D eigenvalue weighted by Crippen LogP contribution is -2.62. The van der Waals surface area contributed by atoms with E-state index in [4.69, 9.17) is 9.47 Å². The van der Waals surface area contributed by atoms with Crippen molar-refractivity contribution in [2.45, 2.75) is 97.0 Å². The Kier molecular flexibility index (Phi) is 12.7. The van der Waals surface area contributed by atoms with Crippen molar-refractivity contribution in [1.29, 1.82) is 0 Å². The van der Waals surface area contributed by atoms with Gasteiger partial charge in [0.1, 0.15) is 23.9 Å². The zero-order valence-electron chi connectivity index (χ0n) is 38.4. The molecule has 3 aliphatic heterocycles. The highest BCUT2D eigenvalue weighted by molar-refractivity contribution is 5.97. The number of cyclic esters (lactones) is 1. The van der Waals surface area contributed by atoms with E-state index in [9.17, 15) is 29.1 Å². The van der Waals surface area contributed by atoms with Crippen LogP contribution >= 0.6 is 0 Å². The van der Waals surface area contributed by atoms with Crippen LogP contribution in [-0.4, -0.2) is 118 Å². The number of ether oxygens (including phenoxy) is 2. The number of fused-ring (bicyclic) bond motifs is 8. The van der Waals surface area contributed by atoms with E-state index in [1.54, 1.807) is 37.4 Å². The first kappa shape index (κ1) is 45.5. The molecule has 0 spiro atoms. The molecular formula is C50H61N7O8. The number of methoxy groups -OCH3 is 1. The minimum atomic E-state index is -1.16. The van der Waals surface area contributed by atoms with Gasteiger partial charge in [0.15, 0.2) is 0 Å². The van der Waals surface area contributed by atoms with Gasteiger partial charge in [-0.15, -0.1) is 0 Å². The molecule has 2 aromatic carbocycles. The van der Waals surface area contributed by atoms with E-state index in [0.29, 0.717) is 43.5 Å². The molecule has 5 heterocycles. The van der Waals surface area contributed by atoms with Crippen molar-refractivity contribution in [3.8, 4) is 28.1 Å². The average Bonchev–Trinajstić information content (AvgIpc) is 3.92. The molecule has 6 atom stereocenters. The summed E-state index contributed by atoms with van der Waals surface area (Å²) in [5, 5.41) is 16.7. The number of nitrogens with zero attached hydrogens (tertiary/aromatic N) is 5. The maximum Gasteiger partial charge on any atom is 0.324 e. The number of aromatic hydroxyl groups is 1. The Morgan fingerprint density at radius 2 is 1.89 bits per heavy atom. The van der Waals surface area contributed by atoms with Gasteiger partial charge in [0.2, 0.25) is 17.7 Å². The first-order chi connectivity index (χ1) is 31.1. The fraction of sp³-hybridized carbons (Fsp3) is 0.480. The number of aryl methyl sites for hydroxylation is 1. The molecule has 8 rings (SSSR count). The van der Waals surface area contributed by atoms with Crippen molar-refractivity contribution >= 4 is 40.5 Å². The molecule has 0 saturated carbocycles. The van der Waals surface area contributed by atoms with Crippen LogP contribution in [0.25, 0.3) is 33.3 Å². The van der Waals surface area contributed by atoms with Crippen molar-refractivity contribution in [2.75, 3.05) is 40.4 Å². The minimum Gasteiger partial charge on any atom is -0.508 e. The minimum absolute atomic E-state index is 0.0115. The molecule has 15 heteroatoms. The number of hydrogen-bond donors (Lipinski definition) is 3. The van der Waals surface area contributed by atoms with Crippen LogP contribution in [0.3, 0.4) is 0 Å². The van der Waals surface area contributed by atoms with E-state index in [2.05, 4.69) is 59.8 Å². The van der Waals surface area contributed by atoms with Gasteiger partial charge in [-0.2, -0.15) is 0 Å². The number of aromatic nitrogens is 2. The summed E-state index contributed by atoms with van der Waals surface area (Å²) < 4.78 is 14.9. The molecule has 4 aliphatic rings. The number of hydrazine groups is 1. The van der Waals surface area contributed by atoms with Crippen molar-refractivity contribution in [3.63, 3.8) is 0 Å². The van der Waals surface area contributed by atoms with E-state index >= 15 is 0 Å². The first-order valence-electron chi connectivity index (χ1n) is 22.8. The number of hydrogen-bond acceptors (Lipinski definition) is 10. The monoisotopic (exact) mass is 887 g/mol. The lowest BCUT2D eigenvalue weighted by molar-refractivity contribution is -0.156. The standard InChI is InChI=1S/C50H61N7O8/c1-9-40(59)55-19-16-31(26-55)47(61)54(7)43(28(3)4)46(60)52-38-22-29-20-32(23-33(58)21-29)30-13-14-39-35(24-30)41-42(45(64-8)34-15-17-51-25-36(34)44(41)56(39)10-2)50(5,6)27-65-49(63)37-12-11-18-57(53-37)48(38)62/h9,13-15,17,20-21,23-25,28,31,37-38,42-43,45,53,58H,1,10-12,16,18-19,22,26-27H2,2-8H3,(H,52,60)/t31-,37-,38-,42?,43-,45+/m0/s1. The van der Waals surface area contributed by atoms with Crippen LogP contribution in [0.15, 0.2) is 67.5 Å². The molecular weight excluding hydrogens is 827 g/mol. The van der Waals surface area contributed by atoms with E-state index in [0.717, 1.165) is 38.9 Å². The third-order valence-electron chi connectivity index (χ3n) is 13.9. The van der Waals surface area contributed by atoms with E-state index in [1.807, 2.05) is 38.2 Å². The van der Waals surface area contributed by atoms with Crippen LogP contribution in [0.4, 0.5) is 0 Å². The molecule has 1 aliphatic carbocycles. The third-order valence-corrected chi connectivity index (χ3v) is 13.9. The van der Waals surface area contributed by atoms with Gasteiger partial charge in [0.25, 0.3) is 5.91 Å².